The van der Waals surface area contributed by atoms with Crippen molar-refractivity contribution < 1.29 is 9.84 Å². The fraction of sp³-hybridized carbons (Fsp3) is 0.571. The number of rotatable bonds is 4. The molecule has 1 aromatic carbocycles. The molecular formula is C14H20ClNO2. The summed E-state index contributed by atoms with van der Waals surface area (Å²) in [7, 11) is 1.64. The predicted octanol–water partition coefficient (Wildman–Crippen LogP) is 2.74. The van der Waals surface area contributed by atoms with Crippen LogP contribution < -0.4 is 10.1 Å². The number of hydrogen-bond acceptors (Lipinski definition) is 3. The molecule has 4 heteroatoms. The second-order valence-electron chi connectivity index (χ2n) is 4.84. The number of ether oxygens (including phenoxy) is 1. The van der Waals surface area contributed by atoms with Crippen LogP contribution in [0.2, 0.25) is 5.02 Å². The maximum atomic E-state index is 9.45. The van der Waals surface area contributed by atoms with E-state index in [1.807, 2.05) is 18.2 Å². The number of hydrogen-bond donors (Lipinski definition) is 2. The van der Waals surface area contributed by atoms with Gasteiger partial charge in [-0.05, 0) is 43.4 Å². The van der Waals surface area contributed by atoms with Crippen molar-refractivity contribution in [2.24, 2.45) is 0 Å². The molecule has 0 unspecified atom stereocenters. The molecule has 1 aromatic rings. The van der Waals surface area contributed by atoms with Gasteiger partial charge in [0.05, 0.1) is 13.2 Å². The molecule has 0 radical (unpaired) electrons. The fourth-order valence-electron chi connectivity index (χ4n) is 2.33. The van der Waals surface area contributed by atoms with E-state index in [0.29, 0.717) is 6.04 Å². The summed E-state index contributed by atoms with van der Waals surface area (Å²) in [5, 5.41) is 13.7. The minimum Gasteiger partial charge on any atom is -0.497 e. The minimum atomic E-state index is -0.104. The summed E-state index contributed by atoms with van der Waals surface area (Å²) >= 11 is 6.19. The molecule has 0 bridgehead atoms. The molecule has 100 valence electrons. The lowest BCUT2D eigenvalue weighted by Gasteiger charge is -2.26. The second-order valence-corrected chi connectivity index (χ2v) is 5.25. The summed E-state index contributed by atoms with van der Waals surface area (Å²) in [6.07, 6.45) is 3.76. The first-order chi connectivity index (χ1) is 8.69. The van der Waals surface area contributed by atoms with Gasteiger partial charge in [-0.3, -0.25) is 0 Å². The molecule has 0 aromatic heterocycles. The summed E-state index contributed by atoms with van der Waals surface area (Å²) in [5.41, 5.74) is 1.09. The van der Waals surface area contributed by atoms with E-state index in [0.717, 1.165) is 48.6 Å². The standard InChI is InChI=1S/C14H20ClNO2/c1-18-13-7-2-10(14(15)8-13)9-16-11-3-5-12(17)6-4-11/h2,7-8,11-12,16-17H,3-6,9H2,1H3. The van der Waals surface area contributed by atoms with Crippen LogP contribution in [0.1, 0.15) is 31.2 Å². The maximum absolute atomic E-state index is 9.45. The Kier molecular flexibility index (Phi) is 4.87. The van der Waals surface area contributed by atoms with E-state index < -0.39 is 0 Å². The lowest BCUT2D eigenvalue weighted by molar-refractivity contribution is 0.116. The highest BCUT2D eigenvalue weighted by Gasteiger charge is 2.18. The van der Waals surface area contributed by atoms with Gasteiger partial charge in [-0.1, -0.05) is 17.7 Å². The topological polar surface area (TPSA) is 41.5 Å². The van der Waals surface area contributed by atoms with E-state index >= 15 is 0 Å². The molecule has 18 heavy (non-hydrogen) atoms. The van der Waals surface area contributed by atoms with Crippen molar-refractivity contribution in [2.75, 3.05) is 7.11 Å². The molecule has 1 aliphatic rings. The van der Waals surface area contributed by atoms with Crippen molar-refractivity contribution >= 4 is 11.6 Å². The number of halogens is 1. The van der Waals surface area contributed by atoms with Crippen LogP contribution in [0.4, 0.5) is 0 Å². The third-order valence-electron chi connectivity index (χ3n) is 3.54. The van der Waals surface area contributed by atoms with Crippen LogP contribution in [0, 0.1) is 0 Å². The highest BCUT2D eigenvalue weighted by Crippen LogP contribution is 2.23. The van der Waals surface area contributed by atoms with E-state index in [9.17, 15) is 5.11 Å². The highest BCUT2D eigenvalue weighted by molar-refractivity contribution is 6.31. The minimum absolute atomic E-state index is 0.104. The van der Waals surface area contributed by atoms with Crippen molar-refractivity contribution in [3.05, 3.63) is 28.8 Å². The Labute approximate surface area is 113 Å². The lowest BCUT2D eigenvalue weighted by Crippen LogP contribution is -2.34. The van der Waals surface area contributed by atoms with Crippen molar-refractivity contribution in [3.8, 4) is 5.75 Å². The van der Waals surface area contributed by atoms with Crippen molar-refractivity contribution in [3.63, 3.8) is 0 Å². The largest absolute Gasteiger partial charge is 0.497 e. The van der Waals surface area contributed by atoms with Crippen LogP contribution in [0.15, 0.2) is 18.2 Å². The van der Waals surface area contributed by atoms with Crippen LogP contribution in [-0.4, -0.2) is 24.4 Å². The van der Waals surface area contributed by atoms with Crippen LogP contribution in [0.3, 0.4) is 0 Å². The Balaban J connectivity index is 1.86. The van der Waals surface area contributed by atoms with E-state index in [-0.39, 0.29) is 6.10 Å². The zero-order valence-corrected chi connectivity index (χ0v) is 11.4. The third kappa shape index (κ3) is 3.61. The molecule has 1 saturated carbocycles. The molecule has 1 fully saturated rings. The van der Waals surface area contributed by atoms with Crippen LogP contribution >= 0.6 is 11.6 Å². The monoisotopic (exact) mass is 269 g/mol. The molecule has 2 rings (SSSR count). The summed E-state index contributed by atoms with van der Waals surface area (Å²) in [6.45, 7) is 0.767. The Hall–Kier alpha value is -0.770. The van der Waals surface area contributed by atoms with Gasteiger partial charge in [0.1, 0.15) is 5.75 Å². The Morgan fingerprint density at radius 1 is 1.33 bits per heavy atom. The maximum Gasteiger partial charge on any atom is 0.120 e. The van der Waals surface area contributed by atoms with Gasteiger partial charge in [0, 0.05) is 17.6 Å². The molecule has 0 aliphatic heterocycles. The first kappa shape index (κ1) is 13.7. The van der Waals surface area contributed by atoms with Crippen LogP contribution in [-0.2, 0) is 6.54 Å². The average Bonchev–Trinajstić information content (AvgIpc) is 2.39. The normalized spacial score (nSPS) is 23.9. The molecule has 0 spiro atoms. The van der Waals surface area contributed by atoms with Gasteiger partial charge in [0.25, 0.3) is 0 Å². The van der Waals surface area contributed by atoms with E-state index in [1.165, 1.54) is 0 Å². The van der Waals surface area contributed by atoms with Gasteiger partial charge in [-0.25, -0.2) is 0 Å². The zero-order chi connectivity index (χ0) is 13.0. The molecule has 0 amide bonds. The van der Waals surface area contributed by atoms with Gasteiger partial charge >= 0.3 is 0 Å². The Morgan fingerprint density at radius 2 is 2.06 bits per heavy atom. The van der Waals surface area contributed by atoms with E-state index in [1.54, 1.807) is 7.11 Å². The molecule has 2 N–H and O–H groups in total. The predicted molar refractivity (Wildman–Crippen MR) is 73.1 cm³/mol. The number of nitrogens with one attached hydrogen (secondary N) is 1. The Bertz CT molecular complexity index is 389. The summed E-state index contributed by atoms with van der Waals surface area (Å²) in [6, 6.07) is 6.24. The average molecular weight is 270 g/mol. The molecule has 0 saturated heterocycles. The molecule has 1 aliphatic carbocycles. The van der Waals surface area contributed by atoms with E-state index in [4.69, 9.17) is 16.3 Å². The molecule has 0 heterocycles. The molecule has 0 atom stereocenters. The Morgan fingerprint density at radius 3 is 2.67 bits per heavy atom. The van der Waals surface area contributed by atoms with Crippen LogP contribution in [0.25, 0.3) is 0 Å². The lowest BCUT2D eigenvalue weighted by atomic mass is 9.93. The van der Waals surface area contributed by atoms with Gasteiger partial charge in [0.2, 0.25) is 0 Å². The van der Waals surface area contributed by atoms with Crippen molar-refractivity contribution in [1.29, 1.82) is 0 Å². The van der Waals surface area contributed by atoms with E-state index in [2.05, 4.69) is 5.32 Å². The van der Waals surface area contributed by atoms with Gasteiger partial charge in [-0.2, -0.15) is 0 Å². The quantitative estimate of drug-likeness (QED) is 0.883. The summed E-state index contributed by atoms with van der Waals surface area (Å²) in [4.78, 5) is 0. The first-order valence-corrected chi connectivity index (χ1v) is 6.80. The number of benzene rings is 1. The molecular weight excluding hydrogens is 250 g/mol. The first-order valence-electron chi connectivity index (χ1n) is 6.43. The van der Waals surface area contributed by atoms with Gasteiger partial charge in [0.15, 0.2) is 0 Å². The smallest absolute Gasteiger partial charge is 0.120 e. The summed E-state index contributed by atoms with van der Waals surface area (Å²) in [5.74, 6) is 0.782. The highest BCUT2D eigenvalue weighted by atomic mass is 35.5. The number of aliphatic hydroxyl groups excluding tert-OH is 1. The number of aliphatic hydroxyl groups is 1. The SMILES string of the molecule is COc1ccc(CNC2CCC(O)CC2)c(Cl)c1. The second kappa shape index (κ2) is 6.41. The third-order valence-corrected chi connectivity index (χ3v) is 3.89. The molecule has 3 nitrogen and oxygen atoms in total. The van der Waals surface area contributed by atoms with Gasteiger partial charge in [-0.15, -0.1) is 0 Å². The number of methoxy groups -OCH3 is 1. The van der Waals surface area contributed by atoms with Crippen molar-refractivity contribution in [1.82, 2.24) is 5.32 Å². The van der Waals surface area contributed by atoms with Crippen LogP contribution in [0.5, 0.6) is 5.75 Å². The summed E-state index contributed by atoms with van der Waals surface area (Å²) < 4.78 is 5.12. The van der Waals surface area contributed by atoms with Crippen molar-refractivity contribution in [2.45, 2.75) is 44.4 Å². The zero-order valence-electron chi connectivity index (χ0n) is 10.7. The van der Waals surface area contributed by atoms with Gasteiger partial charge < -0.3 is 15.2 Å². The fourth-order valence-corrected chi connectivity index (χ4v) is 2.57.